The monoisotopic (exact) mass is 589 g/mol. The summed E-state index contributed by atoms with van der Waals surface area (Å²) in [4.78, 5) is 26.8. The van der Waals surface area contributed by atoms with Gasteiger partial charge in [-0.05, 0) is 29.5 Å². The summed E-state index contributed by atoms with van der Waals surface area (Å²) in [6, 6.07) is 15.4. The highest BCUT2D eigenvalue weighted by atomic mass is 35.5. The van der Waals surface area contributed by atoms with Crippen LogP contribution in [0.3, 0.4) is 0 Å². The third-order valence-electron chi connectivity index (χ3n) is 6.78. The highest BCUT2D eigenvalue weighted by molar-refractivity contribution is 6.40. The molecule has 4 rings (SSSR count). The average Bonchev–Trinajstić information content (AvgIpc) is 3.28. The maximum Gasteiger partial charge on any atom is 0.303 e. The van der Waals surface area contributed by atoms with Gasteiger partial charge in [0.25, 0.3) is 0 Å². The van der Waals surface area contributed by atoms with Gasteiger partial charge in [0.1, 0.15) is 5.15 Å². The molecule has 0 spiro atoms. The predicted molar refractivity (Wildman–Crippen MR) is 150 cm³/mol. The van der Waals surface area contributed by atoms with Gasteiger partial charge in [0.05, 0.1) is 31.7 Å². The van der Waals surface area contributed by atoms with Crippen LogP contribution < -0.4 is 5.32 Å². The standard InChI is InChI=1S/C29H33Cl2N3O6/c30-27-28(31)34(18-33-27)16-23-14-24(21-10-8-20(17-35)9-11-21)40-29(39-23)22-12-6-19(7-13-22)15-32-25(36)4-2-1-3-5-26(37)38/h6-13,18,23-24,29,35H,1-5,14-17H2,(H,32,36)(H,37,38). The van der Waals surface area contributed by atoms with E-state index >= 15 is 0 Å². The second-order valence-corrected chi connectivity index (χ2v) is 10.5. The number of carbonyl (C=O) groups excluding carboxylic acids is 1. The maximum atomic E-state index is 12.1. The zero-order valence-electron chi connectivity index (χ0n) is 22.0. The number of nitrogens with one attached hydrogen (secondary N) is 1. The molecule has 0 saturated carbocycles. The Balaban J connectivity index is 1.38. The smallest absolute Gasteiger partial charge is 0.303 e. The minimum atomic E-state index is -0.813. The number of halogens is 2. The first-order valence-corrected chi connectivity index (χ1v) is 14.0. The van der Waals surface area contributed by atoms with Crippen molar-refractivity contribution in [2.45, 2.75) is 76.7 Å². The Kier molecular flexibility index (Phi) is 11.0. The van der Waals surface area contributed by atoms with Crippen molar-refractivity contribution in [1.29, 1.82) is 0 Å². The molecule has 0 radical (unpaired) electrons. The molecule has 3 aromatic rings. The summed E-state index contributed by atoms with van der Waals surface area (Å²) < 4.78 is 14.5. The number of hydrogen-bond donors (Lipinski definition) is 3. The number of hydrogen-bond acceptors (Lipinski definition) is 6. The first kappa shape index (κ1) is 30.0. The minimum absolute atomic E-state index is 0.0281. The molecule has 3 unspecified atom stereocenters. The van der Waals surface area contributed by atoms with Crippen LogP contribution in [0.4, 0.5) is 0 Å². The molecule has 1 amide bonds. The lowest BCUT2D eigenvalue weighted by Gasteiger charge is -2.36. The Morgan fingerprint density at radius 1 is 0.950 bits per heavy atom. The van der Waals surface area contributed by atoms with E-state index in [-0.39, 0.29) is 36.3 Å². The van der Waals surface area contributed by atoms with E-state index in [1.165, 1.54) is 0 Å². The van der Waals surface area contributed by atoms with Gasteiger partial charge in [0, 0.05) is 31.4 Å². The third-order valence-corrected chi connectivity index (χ3v) is 7.55. The first-order chi connectivity index (χ1) is 19.3. The number of aromatic nitrogens is 2. The van der Waals surface area contributed by atoms with Crippen molar-refractivity contribution in [3.63, 3.8) is 0 Å². The molecule has 3 atom stereocenters. The summed E-state index contributed by atoms with van der Waals surface area (Å²) in [6.45, 7) is 0.812. The number of aliphatic hydroxyl groups excluding tert-OH is 1. The van der Waals surface area contributed by atoms with Crippen molar-refractivity contribution < 1.29 is 29.3 Å². The largest absolute Gasteiger partial charge is 0.481 e. The SMILES string of the molecule is O=C(O)CCCCCC(=O)NCc1ccc(C2OC(Cn3cnc(Cl)c3Cl)CC(c3ccc(CO)cc3)O2)cc1. The van der Waals surface area contributed by atoms with Crippen LogP contribution in [0.25, 0.3) is 0 Å². The number of carboxylic acid groups (broad SMARTS) is 1. The van der Waals surface area contributed by atoms with Crippen LogP contribution in [0.15, 0.2) is 54.9 Å². The molecule has 1 aliphatic rings. The number of rotatable bonds is 13. The fraction of sp³-hybridized carbons (Fsp3) is 0.414. The summed E-state index contributed by atoms with van der Waals surface area (Å²) in [6.07, 6.45) is 3.51. The normalized spacial score (nSPS) is 18.9. The van der Waals surface area contributed by atoms with Gasteiger partial charge in [-0.2, -0.15) is 0 Å². The number of ether oxygens (including phenoxy) is 2. The van der Waals surface area contributed by atoms with Crippen LogP contribution in [0, 0.1) is 0 Å². The maximum absolute atomic E-state index is 12.1. The molecule has 1 aromatic heterocycles. The van der Waals surface area contributed by atoms with Gasteiger partial charge in [0.2, 0.25) is 5.91 Å². The fourth-order valence-corrected chi connectivity index (χ4v) is 4.86. The van der Waals surface area contributed by atoms with Crippen molar-refractivity contribution in [2.75, 3.05) is 0 Å². The van der Waals surface area contributed by atoms with E-state index in [0.29, 0.717) is 50.3 Å². The Labute approximate surface area is 243 Å². The molecule has 2 aromatic carbocycles. The quantitative estimate of drug-likeness (QED) is 0.222. The fourth-order valence-electron chi connectivity index (χ4n) is 4.54. The summed E-state index contributed by atoms with van der Waals surface area (Å²) in [5.41, 5.74) is 3.58. The molecule has 2 heterocycles. The molecule has 1 fully saturated rings. The van der Waals surface area contributed by atoms with Gasteiger partial charge in [-0.1, -0.05) is 78.2 Å². The number of carboxylic acids is 1. The van der Waals surface area contributed by atoms with E-state index in [0.717, 1.165) is 22.3 Å². The molecule has 1 saturated heterocycles. The molecule has 3 N–H and O–H groups in total. The van der Waals surface area contributed by atoms with Crippen molar-refractivity contribution in [3.05, 3.63) is 87.4 Å². The van der Waals surface area contributed by atoms with Crippen LogP contribution in [0.5, 0.6) is 0 Å². The number of benzene rings is 2. The molecule has 0 aliphatic carbocycles. The molecule has 9 nitrogen and oxygen atoms in total. The van der Waals surface area contributed by atoms with Crippen LogP contribution in [-0.4, -0.2) is 37.7 Å². The lowest BCUT2D eigenvalue weighted by atomic mass is 10.00. The Bertz CT molecular complexity index is 1270. The van der Waals surface area contributed by atoms with Gasteiger partial charge < -0.3 is 29.6 Å². The number of carbonyl (C=O) groups is 2. The Hall–Kier alpha value is -2.95. The van der Waals surface area contributed by atoms with Gasteiger partial charge >= 0.3 is 5.97 Å². The van der Waals surface area contributed by atoms with E-state index in [1.807, 2.05) is 48.5 Å². The molecule has 40 heavy (non-hydrogen) atoms. The van der Waals surface area contributed by atoms with E-state index in [9.17, 15) is 14.7 Å². The van der Waals surface area contributed by atoms with E-state index < -0.39 is 12.3 Å². The Morgan fingerprint density at radius 3 is 2.27 bits per heavy atom. The predicted octanol–water partition coefficient (Wildman–Crippen LogP) is 5.58. The van der Waals surface area contributed by atoms with E-state index in [4.69, 9.17) is 37.8 Å². The third kappa shape index (κ3) is 8.52. The number of amides is 1. The van der Waals surface area contributed by atoms with Crippen LogP contribution in [0.2, 0.25) is 10.3 Å². The molecular formula is C29H33Cl2N3O6. The molecule has 11 heteroatoms. The van der Waals surface area contributed by atoms with Crippen molar-refractivity contribution in [2.24, 2.45) is 0 Å². The molecule has 1 aliphatic heterocycles. The number of imidazole rings is 1. The average molecular weight is 591 g/mol. The van der Waals surface area contributed by atoms with Gasteiger partial charge in [-0.3, -0.25) is 9.59 Å². The molecule has 0 bridgehead atoms. The number of nitrogens with zero attached hydrogens (tertiary/aromatic N) is 2. The lowest BCUT2D eigenvalue weighted by molar-refractivity contribution is -0.252. The highest BCUT2D eigenvalue weighted by Gasteiger charge is 2.32. The van der Waals surface area contributed by atoms with Crippen LogP contribution in [-0.2, 0) is 38.8 Å². The number of aliphatic carboxylic acids is 1. The minimum Gasteiger partial charge on any atom is -0.481 e. The van der Waals surface area contributed by atoms with E-state index in [2.05, 4.69) is 10.3 Å². The molecular weight excluding hydrogens is 557 g/mol. The summed E-state index contributed by atoms with van der Waals surface area (Å²) in [7, 11) is 0. The number of aliphatic hydroxyl groups is 1. The Morgan fingerprint density at radius 2 is 1.62 bits per heavy atom. The van der Waals surface area contributed by atoms with Gasteiger partial charge in [0.15, 0.2) is 11.4 Å². The van der Waals surface area contributed by atoms with Gasteiger partial charge in [-0.25, -0.2) is 4.98 Å². The second kappa shape index (κ2) is 14.6. The first-order valence-electron chi connectivity index (χ1n) is 13.3. The highest BCUT2D eigenvalue weighted by Crippen LogP contribution is 2.39. The topological polar surface area (TPSA) is 123 Å². The zero-order valence-corrected chi connectivity index (χ0v) is 23.5. The lowest BCUT2D eigenvalue weighted by Crippen LogP contribution is -2.32. The van der Waals surface area contributed by atoms with E-state index in [1.54, 1.807) is 10.9 Å². The van der Waals surface area contributed by atoms with Crippen molar-refractivity contribution in [1.82, 2.24) is 14.9 Å². The number of unbranched alkanes of at least 4 members (excludes halogenated alkanes) is 2. The molecule has 214 valence electrons. The van der Waals surface area contributed by atoms with Crippen molar-refractivity contribution in [3.8, 4) is 0 Å². The second-order valence-electron chi connectivity index (χ2n) is 9.80. The summed E-state index contributed by atoms with van der Waals surface area (Å²) in [5.74, 6) is -0.873. The van der Waals surface area contributed by atoms with Crippen LogP contribution >= 0.6 is 23.2 Å². The summed E-state index contributed by atoms with van der Waals surface area (Å²) in [5, 5.41) is 21.6. The van der Waals surface area contributed by atoms with Gasteiger partial charge in [-0.15, -0.1) is 0 Å². The van der Waals surface area contributed by atoms with Crippen molar-refractivity contribution >= 4 is 35.1 Å². The summed E-state index contributed by atoms with van der Waals surface area (Å²) >= 11 is 12.3. The van der Waals surface area contributed by atoms with Crippen LogP contribution in [0.1, 0.15) is 73.2 Å². The zero-order chi connectivity index (χ0) is 28.5.